The Balaban J connectivity index is 2.45. The van der Waals surface area contributed by atoms with Crippen LogP contribution in [0.25, 0.3) is 0 Å². The molecule has 0 radical (unpaired) electrons. The molecule has 0 aromatic carbocycles. The van der Waals surface area contributed by atoms with E-state index in [0.29, 0.717) is 5.92 Å². The van der Waals surface area contributed by atoms with Gasteiger partial charge in [0.15, 0.2) is 0 Å². The van der Waals surface area contributed by atoms with Crippen molar-refractivity contribution in [1.29, 1.82) is 0 Å². The van der Waals surface area contributed by atoms with E-state index in [2.05, 4.69) is 0 Å². The molecular weight excluding hydrogens is 172 g/mol. The second kappa shape index (κ2) is 4.75. The fourth-order valence-electron chi connectivity index (χ4n) is 1.85. The van der Waals surface area contributed by atoms with E-state index < -0.39 is 5.97 Å². The number of carboxylic acid groups (broad SMARTS) is 1. The molecule has 0 aromatic heterocycles. The molecule has 0 aromatic rings. The van der Waals surface area contributed by atoms with Crippen LogP contribution in [0.4, 0.5) is 0 Å². The van der Waals surface area contributed by atoms with Gasteiger partial charge in [-0.3, -0.25) is 4.79 Å². The Kier molecular flexibility index (Phi) is 3.92. The van der Waals surface area contributed by atoms with Crippen LogP contribution in [0, 0.1) is 5.92 Å². The van der Waals surface area contributed by atoms with Crippen molar-refractivity contribution in [3.63, 3.8) is 0 Å². The Morgan fingerprint density at radius 3 is 2.58 bits per heavy atom. The molecule has 0 heterocycles. The first-order valence-corrected chi connectivity index (χ1v) is 5.65. The Morgan fingerprint density at radius 2 is 2.17 bits per heavy atom. The third-order valence-electron chi connectivity index (χ3n) is 2.42. The van der Waals surface area contributed by atoms with Gasteiger partial charge in [-0.25, -0.2) is 0 Å². The maximum atomic E-state index is 10.9. The van der Waals surface area contributed by atoms with Crippen molar-refractivity contribution in [1.82, 2.24) is 0 Å². The van der Waals surface area contributed by atoms with Gasteiger partial charge in [-0.1, -0.05) is 19.8 Å². The molecule has 1 fully saturated rings. The van der Waals surface area contributed by atoms with E-state index in [4.69, 9.17) is 5.11 Å². The minimum absolute atomic E-state index is 0.141. The molecule has 0 amide bonds. The summed E-state index contributed by atoms with van der Waals surface area (Å²) < 4.78 is 0. The first-order chi connectivity index (χ1) is 5.75. The van der Waals surface area contributed by atoms with Crippen LogP contribution in [-0.4, -0.2) is 22.1 Å². The Hall–Kier alpha value is -0.180. The van der Waals surface area contributed by atoms with Crippen LogP contribution in [0.3, 0.4) is 0 Å². The van der Waals surface area contributed by atoms with E-state index in [1.807, 2.05) is 6.92 Å². The van der Waals surface area contributed by atoms with E-state index in [-0.39, 0.29) is 5.25 Å². The van der Waals surface area contributed by atoms with Gasteiger partial charge in [0.25, 0.3) is 0 Å². The van der Waals surface area contributed by atoms with Gasteiger partial charge in [0, 0.05) is 0 Å². The van der Waals surface area contributed by atoms with Crippen LogP contribution in [0.1, 0.15) is 32.6 Å². The van der Waals surface area contributed by atoms with E-state index >= 15 is 0 Å². The number of aliphatic carboxylic acids is 1. The summed E-state index contributed by atoms with van der Waals surface area (Å²) in [5.74, 6) is 0.731. The minimum Gasteiger partial charge on any atom is -0.480 e. The molecule has 1 atom stereocenters. The standard InChI is InChI=1S/C9H16O2S/c1-2-12-8(9(10)11)7-5-3-4-6-7/h7-8H,2-6H2,1H3,(H,10,11). The van der Waals surface area contributed by atoms with Crippen molar-refractivity contribution in [3.8, 4) is 0 Å². The average Bonchev–Trinajstić information content (AvgIpc) is 2.51. The smallest absolute Gasteiger partial charge is 0.316 e. The lowest BCUT2D eigenvalue weighted by Gasteiger charge is -2.17. The SMILES string of the molecule is CCSC(C(=O)O)C1CCCC1. The lowest BCUT2D eigenvalue weighted by atomic mass is 10.0. The summed E-state index contributed by atoms with van der Waals surface area (Å²) >= 11 is 1.58. The van der Waals surface area contributed by atoms with E-state index in [9.17, 15) is 4.79 Å². The second-order valence-corrected chi connectivity index (χ2v) is 4.68. The van der Waals surface area contributed by atoms with E-state index in [1.54, 1.807) is 11.8 Å². The molecule has 1 saturated carbocycles. The van der Waals surface area contributed by atoms with Gasteiger partial charge in [0.05, 0.1) is 0 Å². The highest BCUT2D eigenvalue weighted by atomic mass is 32.2. The quantitative estimate of drug-likeness (QED) is 0.736. The topological polar surface area (TPSA) is 37.3 Å². The number of carboxylic acids is 1. The molecule has 1 aliphatic carbocycles. The Bertz CT molecular complexity index is 153. The van der Waals surface area contributed by atoms with Crippen LogP contribution < -0.4 is 0 Å². The Morgan fingerprint density at radius 1 is 1.58 bits per heavy atom. The predicted molar refractivity (Wildman–Crippen MR) is 51.5 cm³/mol. The average molecular weight is 188 g/mol. The summed E-state index contributed by atoms with van der Waals surface area (Å²) in [5, 5.41) is 8.80. The highest BCUT2D eigenvalue weighted by molar-refractivity contribution is 8.00. The molecule has 1 rings (SSSR count). The summed E-state index contributed by atoms with van der Waals surface area (Å²) in [6.07, 6.45) is 4.67. The van der Waals surface area contributed by atoms with E-state index in [1.165, 1.54) is 12.8 Å². The molecule has 0 aliphatic heterocycles. The number of hydrogen-bond donors (Lipinski definition) is 1. The zero-order valence-corrected chi connectivity index (χ0v) is 8.27. The lowest BCUT2D eigenvalue weighted by Crippen LogP contribution is -2.24. The first-order valence-electron chi connectivity index (χ1n) is 4.60. The normalized spacial score (nSPS) is 21.1. The highest BCUT2D eigenvalue weighted by Gasteiger charge is 2.29. The van der Waals surface area contributed by atoms with Crippen molar-refractivity contribution in [2.45, 2.75) is 37.9 Å². The molecule has 0 spiro atoms. The molecule has 70 valence electrons. The Labute approximate surface area is 77.7 Å². The van der Waals surface area contributed by atoms with Crippen LogP contribution in [0.2, 0.25) is 0 Å². The van der Waals surface area contributed by atoms with Gasteiger partial charge in [0.2, 0.25) is 0 Å². The van der Waals surface area contributed by atoms with Gasteiger partial charge in [0.1, 0.15) is 5.25 Å². The number of hydrogen-bond acceptors (Lipinski definition) is 2. The monoisotopic (exact) mass is 188 g/mol. The van der Waals surface area contributed by atoms with Crippen LogP contribution in [0.5, 0.6) is 0 Å². The zero-order chi connectivity index (χ0) is 8.97. The van der Waals surface area contributed by atoms with Gasteiger partial charge in [-0.15, -0.1) is 11.8 Å². The minimum atomic E-state index is -0.617. The van der Waals surface area contributed by atoms with Crippen molar-refractivity contribution in [2.24, 2.45) is 5.92 Å². The van der Waals surface area contributed by atoms with Crippen molar-refractivity contribution < 1.29 is 9.90 Å². The second-order valence-electron chi connectivity index (χ2n) is 3.26. The molecular formula is C9H16O2S. The first kappa shape index (κ1) is 9.90. The van der Waals surface area contributed by atoms with E-state index in [0.717, 1.165) is 18.6 Å². The molecule has 3 heteroatoms. The van der Waals surface area contributed by atoms with Gasteiger partial charge < -0.3 is 5.11 Å². The molecule has 2 nitrogen and oxygen atoms in total. The molecule has 0 bridgehead atoms. The molecule has 1 aliphatic rings. The molecule has 0 saturated heterocycles. The van der Waals surface area contributed by atoms with Gasteiger partial charge in [-0.05, 0) is 24.5 Å². The van der Waals surface area contributed by atoms with Crippen molar-refractivity contribution in [3.05, 3.63) is 0 Å². The number of rotatable bonds is 4. The summed E-state index contributed by atoms with van der Waals surface area (Å²) in [6, 6.07) is 0. The van der Waals surface area contributed by atoms with Crippen LogP contribution >= 0.6 is 11.8 Å². The summed E-state index contributed by atoms with van der Waals surface area (Å²) in [6.45, 7) is 2.02. The maximum absolute atomic E-state index is 10.9. The summed E-state index contributed by atoms with van der Waals surface area (Å²) in [5.41, 5.74) is 0. The third-order valence-corrected chi connectivity index (χ3v) is 3.70. The molecule has 1 unspecified atom stereocenters. The largest absolute Gasteiger partial charge is 0.480 e. The number of carbonyl (C=O) groups is 1. The van der Waals surface area contributed by atoms with Gasteiger partial charge >= 0.3 is 5.97 Å². The third kappa shape index (κ3) is 2.41. The predicted octanol–water partition coefficient (Wildman–Crippen LogP) is 2.38. The highest BCUT2D eigenvalue weighted by Crippen LogP contribution is 2.33. The maximum Gasteiger partial charge on any atom is 0.316 e. The fourth-order valence-corrected chi connectivity index (χ4v) is 2.89. The zero-order valence-electron chi connectivity index (χ0n) is 7.45. The fraction of sp³-hybridized carbons (Fsp3) is 0.889. The van der Waals surface area contributed by atoms with Crippen molar-refractivity contribution >= 4 is 17.7 Å². The van der Waals surface area contributed by atoms with Crippen LogP contribution in [-0.2, 0) is 4.79 Å². The number of thioether (sulfide) groups is 1. The molecule has 12 heavy (non-hydrogen) atoms. The molecule has 1 N–H and O–H groups in total. The van der Waals surface area contributed by atoms with Crippen LogP contribution in [0.15, 0.2) is 0 Å². The van der Waals surface area contributed by atoms with Gasteiger partial charge in [-0.2, -0.15) is 0 Å². The lowest BCUT2D eigenvalue weighted by molar-refractivity contribution is -0.137. The van der Waals surface area contributed by atoms with Crippen molar-refractivity contribution in [2.75, 3.05) is 5.75 Å². The summed E-state index contributed by atoms with van der Waals surface area (Å²) in [7, 11) is 0. The summed E-state index contributed by atoms with van der Waals surface area (Å²) in [4.78, 5) is 10.9.